The highest BCUT2D eigenvalue weighted by atomic mass is 16.5. The molecule has 1 N–H and O–H groups in total. The van der Waals surface area contributed by atoms with E-state index in [1.807, 2.05) is 19.1 Å². The van der Waals surface area contributed by atoms with Gasteiger partial charge in [0.15, 0.2) is 11.3 Å². The third kappa shape index (κ3) is 3.72. The lowest BCUT2D eigenvalue weighted by Crippen LogP contribution is -2.14. The van der Waals surface area contributed by atoms with Gasteiger partial charge in [-0.1, -0.05) is 13.0 Å². The number of H-pyrrole nitrogens is 1. The quantitative estimate of drug-likeness (QED) is 0.889. The van der Waals surface area contributed by atoms with Crippen molar-refractivity contribution < 1.29 is 9.47 Å². The van der Waals surface area contributed by atoms with E-state index in [1.165, 1.54) is 13.2 Å². The van der Waals surface area contributed by atoms with Crippen molar-refractivity contribution in [3.63, 3.8) is 0 Å². The van der Waals surface area contributed by atoms with E-state index in [2.05, 4.69) is 11.1 Å². The molecule has 0 bridgehead atoms. The van der Waals surface area contributed by atoms with E-state index < -0.39 is 0 Å². The summed E-state index contributed by atoms with van der Waals surface area (Å²) in [5.41, 5.74) is 3.18. The largest absolute Gasteiger partial charge is 0.495 e. The number of benzene rings is 1. The minimum absolute atomic E-state index is 0.00875. The van der Waals surface area contributed by atoms with Crippen LogP contribution in [0.15, 0.2) is 29.1 Å². The molecular weight excluding hydrogens is 292 g/mol. The van der Waals surface area contributed by atoms with E-state index in [0.717, 1.165) is 23.2 Å². The third-order valence-corrected chi connectivity index (χ3v) is 3.82. The summed E-state index contributed by atoms with van der Waals surface area (Å²) in [6, 6.07) is 9.16. The van der Waals surface area contributed by atoms with Crippen LogP contribution in [0.2, 0.25) is 0 Å². The Balaban J connectivity index is 2.26. The number of pyridine rings is 1. The van der Waals surface area contributed by atoms with Crippen LogP contribution in [0, 0.1) is 11.3 Å². The number of nitrogens with zero attached hydrogens (tertiary/aromatic N) is 1. The fraction of sp³-hybridized carbons (Fsp3) is 0.333. The number of nitriles is 1. The maximum Gasteiger partial charge on any atom is 0.194 e. The number of hydrogen-bond donors (Lipinski definition) is 1. The molecule has 0 atom stereocenters. The van der Waals surface area contributed by atoms with E-state index in [4.69, 9.17) is 14.7 Å². The molecule has 1 heterocycles. The highest BCUT2D eigenvalue weighted by Crippen LogP contribution is 2.20. The van der Waals surface area contributed by atoms with Gasteiger partial charge in [-0.05, 0) is 37.0 Å². The molecule has 2 rings (SSSR count). The third-order valence-electron chi connectivity index (χ3n) is 3.82. The van der Waals surface area contributed by atoms with Crippen LogP contribution >= 0.6 is 0 Å². The molecule has 0 unspecified atom stereocenters. The van der Waals surface area contributed by atoms with Gasteiger partial charge >= 0.3 is 0 Å². The summed E-state index contributed by atoms with van der Waals surface area (Å²) in [5, 5.41) is 9.15. The Kier molecular flexibility index (Phi) is 5.42. The number of hydrogen-bond acceptors (Lipinski definition) is 4. The van der Waals surface area contributed by atoms with E-state index in [0.29, 0.717) is 30.0 Å². The van der Waals surface area contributed by atoms with Gasteiger partial charge in [0.05, 0.1) is 19.8 Å². The SMILES string of the molecule is CCc1c(CCc2ccc(OC)c(C#N)c2)[nH]c(OC)cc1=O. The van der Waals surface area contributed by atoms with Crippen molar-refractivity contribution >= 4 is 0 Å². The van der Waals surface area contributed by atoms with Crippen molar-refractivity contribution in [2.75, 3.05) is 14.2 Å². The fourth-order valence-corrected chi connectivity index (χ4v) is 2.59. The molecule has 0 amide bonds. The molecule has 2 aromatic rings. The molecule has 5 nitrogen and oxygen atoms in total. The summed E-state index contributed by atoms with van der Waals surface area (Å²) >= 11 is 0. The lowest BCUT2D eigenvalue weighted by atomic mass is 10.0. The molecule has 1 aromatic carbocycles. The van der Waals surface area contributed by atoms with Crippen LogP contribution in [-0.2, 0) is 19.3 Å². The van der Waals surface area contributed by atoms with Crippen molar-refractivity contribution in [2.24, 2.45) is 0 Å². The molecule has 0 radical (unpaired) electrons. The maximum absolute atomic E-state index is 12.1. The second-order valence-corrected chi connectivity index (χ2v) is 5.16. The Hall–Kier alpha value is -2.74. The van der Waals surface area contributed by atoms with Gasteiger partial charge in [-0.25, -0.2) is 0 Å². The Labute approximate surface area is 135 Å². The Morgan fingerprint density at radius 3 is 2.57 bits per heavy atom. The predicted octanol–water partition coefficient (Wildman–Crippen LogP) is 2.61. The zero-order chi connectivity index (χ0) is 16.8. The first-order chi connectivity index (χ1) is 11.1. The number of ether oxygens (including phenoxy) is 2. The highest BCUT2D eigenvalue weighted by molar-refractivity contribution is 5.45. The molecule has 0 spiro atoms. The summed E-state index contributed by atoms with van der Waals surface area (Å²) in [4.78, 5) is 15.3. The Morgan fingerprint density at radius 2 is 1.96 bits per heavy atom. The maximum atomic E-state index is 12.1. The zero-order valence-corrected chi connectivity index (χ0v) is 13.6. The summed E-state index contributed by atoms with van der Waals surface area (Å²) in [7, 11) is 3.08. The molecule has 0 saturated heterocycles. The van der Waals surface area contributed by atoms with Crippen LogP contribution in [0.3, 0.4) is 0 Å². The summed E-state index contributed by atoms with van der Waals surface area (Å²) < 4.78 is 10.3. The Bertz CT molecular complexity index is 788. The van der Waals surface area contributed by atoms with Crippen molar-refractivity contribution in [1.29, 1.82) is 5.26 Å². The number of rotatable bonds is 6. The highest BCUT2D eigenvalue weighted by Gasteiger charge is 2.10. The molecule has 5 heteroatoms. The van der Waals surface area contributed by atoms with Gasteiger partial charge in [0.2, 0.25) is 0 Å². The van der Waals surface area contributed by atoms with Gasteiger partial charge in [-0.2, -0.15) is 5.26 Å². The lowest BCUT2D eigenvalue weighted by Gasteiger charge is -2.11. The number of methoxy groups -OCH3 is 2. The van der Waals surface area contributed by atoms with Crippen molar-refractivity contribution in [3.8, 4) is 17.7 Å². The van der Waals surface area contributed by atoms with Crippen molar-refractivity contribution in [1.82, 2.24) is 4.98 Å². The number of aromatic amines is 1. The van der Waals surface area contributed by atoms with Gasteiger partial charge in [0, 0.05) is 17.3 Å². The zero-order valence-electron chi connectivity index (χ0n) is 13.6. The van der Waals surface area contributed by atoms with Crippen LogP contribution in [0.4, 0.5) is 0 Å². The van der Waals surface area contributed by atoms with E-state index in [1.54, 1.807) is 13.2 Å². The fourth-order valence-electron chi connectivity index (χ4n) is 2.59. The van der Waals surface area contributed by atoms with E-state index >= 15 is 0 Å². The average Bonchev–Trinajstić information content (AvgIpc) is 2.58. The first kappa shape index (κ1) is 16.6. The molecule has 0 fully saturated rings. The van der Waals surface area contributed by atoms with Crippen molar-refractivity contribution in [3.05, 3.63) is 56.9 Å². The molecular formula is C18H20N2O3. The summed E-state index contributed by atoms with van der Waals surface area (Å²) in [5.74, 6) is 1.04. The topological polar surface area (TPSA) is 75.1 Å². The van der Waals surface area contributed by atoms with Crippen LogP contribution in [0.1, 0.15) is 29.3 Å². The second-order valence-electron chi connectivity index (χ2n) is 5.16. The molecule has 0 aliphatic heterocycles. The normalized spacial score (nSPS) is 10.2. The van der Waals surface area contributed by atoms with E-state index in [-0.39, 0.29) is 5.43 Å². The van der Waals surface area contributed by atoms with Gasteiger partial charge in [-0.3, -0.25) is 4.79 Å². The molecule has 0 aliphatic rings. The molecule has 23 heavy (non-hydrogen) atoms. The van der Waals surface area contributed by atoms with Crippen molar-refractivity contribution in [2.45, 2.75) is 26.2 Å². The summed E-state index contributed by atoms with van der Waals surface area (Å²) in [6.07, 6.45) is 2.06. The predicted molar refractivity (Wildman–Crippen MR) is 88.1 cm³/mol. The smallest absolute Gasteiger partial charge is 0.194 e. The lowest BCUT2D eigenvalue weighted by molar-refractivity contribution is 0.395. The Morgan fingerprint density at radius 1 is 1.17 bits per heavy atom. The van der Waals surface area contributed by atoms with Gasteiger partial charge in [0.25, 0.3) is 0 Å². The summed E-state index contributed by atoms with van der Waals surface area (Å²) in [6.45, 7) is 1.96. The minimum atomic E-state index is -0.00875. The first-order valence-corrected chi connectivity index (χ1v) is 7.49. The van der Waals surface area contributed by atoms with Gasteiger partial charge in [0.1, 0.15) is 11.8 Å². The number of aryl methyl sites for hydroxylation is 2. The molecule has 0 aliphatic carbocycles. The van der Waals surface area contributed by atoms with Crippen LogP contribution in [0.5, 0.6) is 11.6 Å². The van der Waals surface area contributed by atoms with Gasteiger partial charge in [-0.15, -0.1) is 0 Å². The average molecular weight is 312 g/mol. The van der Waals surface area contributed by atoms with Crippen LogP contribution < -0.4 is 14.9 Å². The standard InChI is InChI=1S/C18H20N2O3/c1-4-14-15(20-18(23-3)10-16(14)21)7-5-12-6-8-17(22-2)13(9-12)11-19/h6,8-10H,4-5,7H2,1-3H3,(H,20,21). The molecule has 120 valence electrons. The van der Waals surface area contributed by atoms with Crippen LogP contribution in [-0.4, -0.2) is 19.2 Å². The van der Waals surface area contributed by atoms with Gasteiger partial charge < -0.3 is 14.5 Å². The number of aromatic nitrogens is 1. The number of nitrogens with one attached hydrogen (secondary N) is 1. The monoisotopic (exact) mass is 312 g/mol. The van der Waals surface area contributed by atoms with Crippen LogP contribution in [0.25, 0.3) is 0 Å². The van der Waals surface area contributed by atoms with E-state index in [9.17, 15) is 4.79 Å². The molecule has 1 aromatic heterocycles. The molecule has 0 saturated carbocycles. The minimum Gasteiger partial charge on any atom is -0.495 e. The second kappa shape index (κ2) is 7.50. The first-order valence-electron chi connectivity index (χ1n) is 7.49.